The summed E-state index contributed by atoms with van der Waals surface area (Å²) in [5.74, 6) is 1.32. The molecule has 5 rings (SSSR count). The first-order chi connectivity index (χ1) is 13.7. The average Bonchev–Trinajstić information content (AvgIpc) is 3.27. The summed E-state index contributed by atoms with van der Waals surface area (Å²) in [6, 6.07) is 14.7. The lowest BCUT2D eigenvalue weighted by Gasteiger charge is -2.22. The Kier molecular flexibility index (Phi) is 4.13. The molecule has 1 aliphatic carbocycles. The zero-order chi connectivity index (χ0) is 19.1. The molecule has 2 N–H and O–H groups in total. The van der Waals surface area contributed by atoms with Gasteiger partial charge in [-0.25, -0.2) is 9.67 Å². The van der Waals surface area contributed by atoms with Crippen molar-refractivity contribution < 1.29 is 4.79 Å². The van der Waals surface area contributed by atoms with E-state index in [2.05, 4.69) is 20.4 Å². The number of nitrogens with one attached hydrogen (secondary N) is 2. The van der Waals surface area contributed by atoms with Gasteiger partial charge in [-0.1, -0.05) is 24.1 Å². The number of imidazole rings is 1. The summed E-state index contributed by atoms with van der Waals surface area (Å²) in [7, 11) is 0. The van der Waals surface area contributed by atoms with Crippen molar-refractivity contribution in [2.24, 2.45) is 0 Å². The van der Waals surface area contributed by atoms with Crippen LogP contribution in [0.3, 0.4) is 0 Å². The topological polar surface area (TPSA) is 75.6 Å². The third-order valence-corrected chi connectivity index (χ3v) is 5.38. The lowest BCUT2D eigenvalue weighted by atomic mass is 9.85. The first-order valence-corrected chi connectivity index (χ1v) is 9.66. The van der Waals surface area contributed by atoms with Gasteiger partial charge in [0.1, 0.15) is 5.82 Å². The molecule has 2 aromatic carbocycles. The molecule has 0 atom stereocenters. The lowest BCUT2D eigenvalue weighted by molar-refractivity contribution is 0.102. The number of hydrogen-bond donors (Lipinski definition) is 2. The van der Waals surface area contributed by atoms with Crippen LogP contribution in [-0.4, -0.2) is 25.7 Å². The van der Waals surface area contributed by atoms with Gasteiger partial charge in [-0.05, 0) is 55.3 Å². The molecule has 0 saturated heterocycles. The van der Waals surface area contributed by atoms with Crippen LogP contribution in [0.1, 0.15) is 41.5 Å². The van der Waals surface area contributed by atoms with Crippen LogP contribution in [0, 0.1) is 0 Å². The van der Waals surface area contributed by atoms with Gasteiger partial charge < -0.3 is 10.3 Å². The fourth-order valence-corrected chi connectivity index (χ4v) is 3.57. The minimum atomic E-state index is -0.265. The molecule has 6 nitrogen and oxygen atoms in total. The van der Waals surface area contributed by atoms with Gasteiger partial charge in [0, 0.05) is 22.8 Å². The summed E-state index contributed by atoms with van der Waals surface area (Å²) in [6.07, 6.45) is 5.39. The Balaban J connectivity index is 1.35. The molecule has 0 unspecified atom stereocenters. The van der Waals surface area contributed by atoms with Gasteiger partial charge in [-0.2, -0.15) is 5.10 Å². The number of hydrogen-bond acceptors (Lipinski definition) is 3. The number of fused-ring (bicyclic) bond motifs is 1. The van der Waals surface area contributed by atoms with Crippen LogP contribution in [-0.2, 0) is 0 Å². The third-order valence-electron chi connectivity index (χ3n) is 5.14. The van der Waals surface area contributed by atoms with Gasteiger partial charge in [0.2, 0.25) is 0 Å². The monoisotopic (exact) mass is 391 g/mol. The maximum Gasteiger partial charge on any atom is 0.276 e. The summed E-state index contributed by atoms with van der Waals surface area (Å²) in [6.45, 7) is 0. The van der Waals surface area contributed by atoms with E-state index in [9.17, 15) is 4.79 Å². The smallest absolute Gasteiger partial charge is 0.276 e. The van der Waals surface area contributed by atoms with Crippen LogP contribution < -0.4 is 5.32 Å². The molecular formula is C21H18ClN5O. The van der Waals surface area contributed by atoms with Gasteiger partial charge in [-0.3, -0.25) is 4.79 Å². The zero-order valence-corrected chi connectivity index (χ0v) is 15.8. The Morgan fingerprint density at radius 1 is 1.18 bits per heavy atom. The van der Waals surface area contributed by atoms with E-state index in [1.54, 1.807) is 29.1 Å². The van der Waals surface area contributed by atoms with Gasteiger partial charge >= 0.3 is 0 Å². The van der Waals surface area contributed by atoms with Crippen LogP contribution in [0.4, 0.5) is 5.69 Å². The van der Waals surface area contributed by atoms with Gasteiger partial charge in [-0.15, -0.1) is 0 Å². The lowest BCUT2D eigenvalue weighted by Crippen LogP contribution is -2.13. The Morgan fingerprint density at radius 3 is 2.86 bits per heavy atom. The predicted octanol–water partition coefficient (Wildman–Crippen LogP) is 4.92. The van der Waals surface area contributed by atoms with E-state index in [-0.39, 0.29) is 5.91 Å². The highest BCUT2D eigenvalue weighted by Gasteiger charge is 2.22. The molecular weight excluding hydrogens is 374 g/mol. The van der Waals surface area contributed by atoms with E-state index in [1.807, 2.05) is 30.3 Å². The number of halogens is 1. The average molecular weight is 392 g/mol. The molecule has 1 amide bonds. The number of aromatic nitrogens is 4. The molecule has 2 aromatic heterocycles. The zero-order valence-electron chi connectivity index (χ0n) is 15.0. The number of carbonyl (C=O) groups is 1. The first kappa shape index (κ1) is 17.0. The highest BCUT2D eigenvalue weighted by atomic mass is 35.5. The van der Waals surface area contributed by atoms with E-state index in [4.69, 9.17) is 11.6 Å². The summed E-state index contributed by atoms with van der Waals surface area (Å²) in [4.78, 5) is 20.6. The minimum Gasteiger partial charge on any atom is -0.342 e. The van der Waals surface area contributed by atoms with E-state index >= 15 is 0 Å². The molecule has 140 valence electrons. The van der Waals surface area contributed by atoms with Crippen molar-refractivity contribution in [3.63, 3.8) is 0 Å². The SMILES string of the molecule is O=C(Nc1ccc2nc(C3CCC3)[nH]c2c1)c1ccn(-c2cccc(Cl)c2)n1. The van der Waals surface area contributed by atoms with Gasteiger partial charge in [0.15, 0.2) is 5.69 Å². The second kappa shape index (κ2) is 6.80. The van der Waals surface area contributed by atoms with Crippen molar-refractivity contribution in [3.8, 4) is 5.69 Å². The standard InChI is InChI=1S/C21H18ClN5O/c22-14-5-2-6-16(11-14)27-10-9-18(26-27)21(28)23-15-7-8-17-19(12-15)25-20(24-17)13-3-1-4-13/h2,5-13H,1,3-4H2,(H,23,28)(H,24,25). The fraction of sp³-hybridized carbons (Fsp3) is 0.190. The van der Waals surface area contributed by atoms with Crippen molar-refractivity contribution in [2.45, 2.75) is 25.2 Å². The Bertz CT molecular complexity index is 1170. The van der Waals surface area contributed by atoms with E-state index < -0.39 is 0 Å². The van der Waals surface area contributed by atoms with Crippen LogP contribution in [0.15, 0.2) is 54.7 Å². The normalized spacial score (nSPS) is 14.2. The Morgan fingerprint density at radius 2 is 2.07 bits per heavy atom. The molecule has 0 bridgehead atoms. The molecule has 1 saturated carbocycles. The Hall–Kier alpha value is -3.12. The quantitative estimate of drug-likeness (QED) is 0.518. The summed E-state index contributed by atoms with van der Waals surface area (Å²) in [5, 5.41) is 7.87. The number of anilines is 1. The summed E-state index contributed by atoms with van der Waals surface area (Å²) in [5.41, 5.74) is 3.70. The molecule has 1 aliphatic rings. The van der Waals surface area contributed by atoms with Crippen molar-refractivity contribution >= 4 is 34.2 Å². The maximum atomic E-state index is 12.6. The molecule has 7 heteroatoms. The van der Waals surface area contributed by atoms with Crippen molar-refractivity contribution in [2.75, 3.05) is 5.32 Å². The predicted molar refractivity (Wildman–Crippen MR) is 109 cm³/mol. The van der Waals surface area contributed by atoms with E-state index in [0.29, 0.717) is 22.3 Å². The first-order valence-electron chi connectivity index (χ1n) is 9.28. The number of H-pyrrole nitrogens is 1. The highest BCUT2D eigenvalue weighted by Crippen LogP contribution is 2.35. The van der Waals surface area contributed by atoms with Crippen molar-refractivity contribution in [3.05, 3.63) is 71.3 Å². The number of carbonyl (C=O) groups excluding carboxylic acids is 1. The highest BCUT2D eigenvalue weighted by molar-refractivity contribution is 6.30. The largest absolute Gasteiger partial charge is 0.342 e. The van der Waals surface area contributed by atoms with E-state index in [1.165, 1.54) is 19.3 Å². The minimum absolute atomic E-state index is 0.265. The van der Waals surface area contributed by atoms with Crippen molar-refractivity contribution in [1.29, 1.82) is 0 Å². The molecule has 28 heavy (non-hydrogen) atoms. The van der Waals surface area contributed by atoms with E-state index in [0.717, 1.165) is 22.5 Å². The second-order valence-corrected chi connectivity index (χ2v) is 7.50. The Labute approximate surface area is 166 Å². The molecule has 4 aromatic rings. The summed E-state index contributed by atoms with van der Waals surface area (Å²) >= 11 is 6.02. The number of benzene rings is 2. The number of amides is 1. The van der Waals surface area contributed by atoms with Crippen LogP contribution in [0.25, 0.3) is 16.7 Å². The maximum absolute atomic E-state index is 12.6. The molecule has 0 aliphatic heterocycles. The molecule has 2 heterocycles. The van der Waals surface area contributed by atoms with Crippen molar-refractivity contribution in [1.82, 2.24) is 19.7 Å². The number of aromatic amines is 1. The second-order valence-electron chi connectivity index (χ2n) is 7.06. The van der Waals surface area contributed by atoms with Crippen LogP contribution in [0.2, 0.25) is 5.02 Å². The number of nitrogens with zero attached hydrogens (tertiary/aromatic N) is 3. The fourth-order valence-electron chi connectivity index (χ4n) is 3.38. The molecule has 0 radical (unpaired) electrons. The van der Waals surface area contributed by atoms with Crippen LogP contribution >= 0.6 is 11.6 Å². The van der Waals surface area contributed by atoms with Crippen LogP contribution in [0.5, 0.6) is 0 Å². The van der Waals surface area contributed by atoms with Gasteiger partial charge in [0.25, 0.3) is 5.91 Å². The number of rotatable bonds is 4. The van der Waals surface area contributed by atoms with Gasteiger partial charge in [0.05, 0.1) is 16.7 Å². The molecule has 1 fully saturated rings. The molecule has 0 spiro atoms. The summed E-state index contributed by atoms with van der Waals surface area (Å²) < 4.78 is 1.63. The third kappa shape index (κ3) is 3.16.